The Bertz CT molecular complexity index is 1230. The number of carbonyl (C=O) groups is 1. The molecule has 1 saturated carbocycles. The molecule has 0 unspecified atom stereocenters. The second kappa shape index (κ2) is 9.55. The number of aromatic nitrogens is 2. The minimum absolute atomic E-state index is 0.0318. The smallest absolute Gasteiger partial charge is 0.240 e. The van der Waals surface area contributed by atoms with Crippen LogP contribution in [0.4, 0.5) is 0 Å². The fraction of sp³-hybridized carbons (Fsp3) is 0.440. The van der Waals surface area contributed by atoms with E-state index in [1.165, 1.54) is 18.2 Å². The first-order valence-corrected chi connectivity index (χ1v) is 13.4. The molecule has 2 aromatic carbocycles. The van der Waals surface area contributed by atoms with E-state index < -0.39 is 9.84 Å². The van der Waals surface area contributed by atoms with Crippen molar-refractivity contribution in [2.45, 2.75) is 49.8 Å². The van der Waals surface area contributed by atoms with Gasteiger partial charge >= 0.3 is 0 Å². The van der Waals surface area contributed by atoms with Crippen molar-refractivity contribution >= 4 is 26.8 Å². The highest BCUT2D eigenvalue weighted by Gasteiger charge is 2.34. The molecular weight excluding hydrogens is 438 g/mol. The summed E-state index contributed by atoms with van der Waals surface area (Å²) in [6.07, 6.45) is 6.69. The van der Waals surface area contributed by atoms with Gasteiger partial charge < -0.3 is 14.6 Å². The van der Waals surface area contributed by atoms with E-state index in [2.05, 4.69) is 22.4 Å². The number of imidazole rings is 1. The summed E-state index contributed by atoms with van der Waals surface area (Å²) in [5.74, 6) is 0.854. The number of ether oxygens (including phenoxy) is 1. The quantitative estimate of drug-likeness (QED) is 0.544. The second-order valence-corrected chi connectivity index (χ2v) is 11.2. The van der Waals surface area contributed by atoms with Gasteiger partial charge in [-0.1, -0.05) is 43.5 Å². The van der Waals surface area contributed by atoms with E-state index >= 15 is 0 Å². The number of hydrogen-bond acceptors (Lipinski definition) is 5. The molecule has 3 aromatic rings. The molecular formula is C25H31N3O4S. The lowest BCUT2D eigenvalue weighted by molar-refractivity contribution is -0.122. The maximum absolute atomic E-state index is 13.1. The van der Waals surface area contributed by atoms with Gasteiger partial charge in [-0.2, -0.15) is 0 Å². The zero-order valence-electron chi connectivity index (χ0n) is 19.2. The highest BCUT2D eigenvalue weighted by atomic mass is 32.2. The molecule has 7 nitrogen and oxygen atoms in total. The van der Waals surface area contributed by atoms with Crippen LogP contribution in [0.25, 0.3) is 11.0 Å². The number of hydrogen-bond donors (Lipinski definition) is 1. The average Bonchev–Trinajstić information content (AvgIpc) is 3.13. The minimum Gasteiger partial charge on any atom is -0.497 e. The van der Waals surface area contributed by atoms with Crippen LogP contribution in [0.1, 0.15) is 43.5 Å². The number of nitrogens with zero attached hydrogens (tertiary/aromatic N) is 2. The molecule has 1 aromatic heterocycles. The maximum atomic E-state index is 13.1. The molecule has 1 amide bonds. The normalized spacial score (nSPS) is 15.9. The van der Waals surface area contributed by atoms with Crippen LogP contribution in [-0.4, -0.2) is 43.8 Å². The molecule has 1 N–H and O–H groups in total. The number of rotatable bonds is 8. The van der Waals surface area contributed by atoms with E-state index in [1.54, 1.807) is 11.7 Å². The van der Waals surface area contributed by atoms with Crippen molar-refractivity contribution in [1.82, 2.24) is 14.9 Å². The minimum atomic E-state index is -3.29. The summed E-state index contributed by atoms with van der Waals surface area (Å²) in [6.45, 7) is 0.580. The average molecular weight is 470 g/mol. The fourth-order valence-corrected chi connectivity index (χ4v) is 5.54. The van der Waals surface area contributed by atoms with Crippen molar-refractivity contribution in [2.24, 2.45) is 0 Å². The summed E-state index contributed by atoms with van der Waals surface area (Å²) in [6, 6.07) is 15.6. The predicted octanol–water partition coefficient (Wildman–Crippen LogP) is 3.61. The first kappa shape index (κ1) is 23.3. The molecule has 4 rings (SSSR count). The summed E-state index contributed by atoms with van der Waals surface area (Å²) in [4.78, 5) is 17.5. The van der Waals surface area contributed by atoms with Gasteiger partial charge in [0, 0.05) is 18.2 Å². The molecule has 0 aliphatic heterocycles. The Morgan fingerprint density at radius 3 is 2.45 bits per heavy atom. The third-order valence-corrected chi connectivity index (χ3v) is 7.35. The molecule has 33 heavy (non-hydrogen) atoms. The van der Waals surface area contributed by atoms with Crippen molar-refractivity contribution in [3.63, 3.8) is 0 Å². The van der Waals surface area contributed by atoms with Crippen molar-refractivity contribution in [2.75, 3.05) is 19.9 Å². The maximum Gasteiger partial charge on any atom is 0.240 e. The number of sulfone groups is 1. The summed E-state index contributed by atoms with van der Waals surface area (Å²) in [7, 11) is -1.63. The van der Waals surface area contributed by atoms with Gasteiger partial charge in [-0.25, -0.2) is 13.4 Å². The Morgan fingerprint density at radius 1 is 1.09 bits per heavy atom. The Kier molecular flexibility index (Phi) is 6.74. The number of nitrogens with one attached hydrogen (secondary N) is 1. The zero-order chi connectivity index (χ0) is 23.5. The van der Waals surface area contributed by atoms with E-state index in [9.17, 15) is 13.2 Å². The number of methoxy groups -OCH3 is 1. The standard InChI is InChI=1S/C25H31N3O4S/c1-32-20-12-10-19(11-13-20)25(14-6-3-7-15-25)18-26-24(29)16-28-22-9-5-4-8-21(22)27-23(28)17-33(2,30)31/h4-5,8-13H,3,6-7,14-18H2,1-2H3,(H,26,29). The number of carbonyl (C=O) groups excluding carboxylic acids is 1. The van der Waals surface area contributed by atoms with Crippen LogP contribution in [-0.2, 0) is 32.3 Å². The van der Waals surface area contributed by atoms with Crippen LogP contribution in [0, 0.1) is 0 Å². The Labute approximate surface area is 195 Å². The van der Waals surface area contributed by atoms with Crippen molar-refractivity contribution in [3.8, 4) is 5.75 Å². The van der Waals surface area contributed by atoms with Crippen LogP contribution >= 0.6 is 0 Å². The third-order valence-electron chi connectivity index (χ3n) is 6.56. The largest absolute Gasteiger partial charge is 0.497 e. The molecule has 1 aliphatic rings. The number of amides is 1. The Hall–Kier alpha value is -2.87. The third kappa shape index (κ3) is 5.38. The highest BCUT2D eigenvalue weighted by Crippen LogP contribution is 2.39. The summed E-state index contributed by atoms with van der Waals surface area (Å²) in [5, 5.41) is 3.15. The fourth-order valence-electron chi connectivity index (χ4n) is 4.85. The van der Waals surface area contributed by atoms with Gasteiger partial charge in [0.2, 0.25) is 5.91 Å². The first-order chi connectivity index (χ1) is 15.8. The monoisotopic (exact) mass is 469 g/mol. The van der Waals surface area contributed by atoms with Crippen molar-refractivity contribution in [3.05, 3.63) is 59.9 Å². The second-order valence-electron chi connectivity index (χ2n) is 9.02. The van der Waals surface area contributed by atoms with E-state index in [0.29, 0.717) is 17.9 Å². The molecule has 1 aliphatic carbocycles. The van der Waals surface area contributed by atoms with E-state index in [4.69, 9.17) is 4.74 Å². The Balaban J connectivity index is 1.54. The molecule has 0 bridgehead atoms. The summed E-state index contributed by atoms with van der Waals surface area (Å²) < 4.78 is 30.9. The molecule has 0 atom stereocenters. The lowest BCUT2D eigenvalue weighted by Crippen LogP contribution is -2.43. The molecule has 1 heterocycles. The summed E-state index contributed by atoms with van der Waals surface area (Å²) >= 11 is 0. The van der Waals surface area contributed by atoms with Gasteiger partial charge in [0.1, 0.15) is 23.9 Å². The van der Waals surface area contributed by atoms with Gasteiger partial charge in [-0.05, 0) is 42.7 Å². The Morgan fingerprint density at radius 2 is 1.79 bits per heavy atom. The number of para-hydroxylation sites is 2. The van der Waals surface area contributed by atoms with Crippen LogP contribution in [0.15, 0.2) is 48.5 Å². The number of fused-ring (bicyclic) bond motifs is 1. The molecule has 0 radical (unpaired) electrons. The first-order valence-electron chi connectivity index (χ1n) is 11.3. The lowest BCUT2D eigenvalue weighted by atomic mass is 9.69. The van der Waals surface area contributed by atoms with Gasteiger partial charge in [0.05, 0.1) is 18.1 Å². The molecule has 176 valence electrons. The van der Waals surface area contributed by atoms with E-state index in [-0.39, 0.29) is 23.6 Å². The van der Waals surface area contributed by atoms with Crippen LogP contribution in [0.2, 0.25) is 0 Å². The van der Waals surface area contributed by atoms with Crippen LogP contribution in [0.5, 0.6) is 5.75 Å². The zero-order valence-corrected chi connectivity index (χ0v) is 20.0. The SMILES string of the molecule is COc1ccc(C2(CNC(=O)Cn3c(CS(C)(=O)=O)nc4ccccc43)CCCCC2)cc1. The molecule has 8 heteroatoms. The van der Waals surface area contributed by atoms with Gasteiger partial charge in [0.15, 0.2) is 9.84 Å². The molecule has 0 saturated heterocycles. The van der Waals surface area contributed by atoms with Crippen LogP contribution < -0.4 is 10.1 Å². The number of benzene rings is 2. The van der Waals surface area contributed by atoms with Crippen molar-refractivity contribution in [1.29, 1.82) is 0 Å². The van der Waals surface area contributed by atoms with Gasteiger partial charge in [-0.15, -0.1) is 0 Å². The predicted molar refractivity (Wildman–Crippen MR) is 129 cm³/mol. The van der Waals surface area contributed by atoms with Gasteiger partial charge in [-0.3, -0.25) is 4.79 Å². The molecule has 1 fully saturated rings. The van der Waals surface area contributed by atoms with Gasteiger partial charge in [0.25, 0.3) is 0 Å². The lowest BCUT2D eigenvalue weighted by Gasteiger charge is -2.38. The van der Waals surface area contributed by atoms with Crippen LogP contribution in [0.3, 0.4) is 0 Å². The topological polar surface area (TPSA) is 90.3 Å². The highest BCUT2D eigenvalue weighted by molar-refractivity contribution is 7.89. The van der Waals surface area contributed by atoms with E-state index in [1.807, 2.05) is 36.4 Å². The van der Waals surface area contributed by atoms with E-state index in [0.717, 1.165) is 36.9 Å². The molecule has 0 spiro atoms. The van der Waals surface area contributed by atoms with Crippen molar-refractivity contribution < 1.29 is 17.9 Å². The summed E-state index contributed by atoms with van der Waals surface area (Å²) in [5.41, 5.74) is 2.56.